The van der Waals surface area contributed by atoms with Gasteiger partial charge < -0.3 is 0 Å². The maximum atomic E-state index is 2.58. The van der Waals surface area contributed by atoms with E-state index in [4.69, 9.17) is 0 Å². The summed E-state index contributed by atoms with van der Waals surface area (Å²) < 4.78 is 0. The fourth-order valence-corrected chi connectivity index (χ4v) is 5.32. The molecular formula is C13H22. The molecular weight excluding hydrogens is 156 g/mol. The smallest absolute Gasteiger partial charge is 0.0238 e. The van der Waals surface area contributed by atoms with Gasteiger partial charge in [-0.15, -0.1) is 0 Å². The van der Waals surface area contributed by atoms with Crippen molar-refractivity contribution in [1.29, 1.82) is 0 Å². The summed E-state index contributed by atoms with van der Waals surface area (Å²) in [4.78, 5) is 0. The van der Waals surface area contributed by atoms with E-state index >= 15 is 0 Å². The summed E-state index contributed by atoms with van der Waals surface area (Å²) in [6.07, 6.45) is 4.61. The molecule has 4 fully saturated rings. The lowest BCUT2D eigenvalue weighted by Gasteiger charge is -2.54. The summed E-state index contributed by atoms with van der Waals surface area (Å²) in [5.41, 5.74) is 1.38. The minimum Gasteiger partial charge on any atom is -0.0620 e. The van der Waals surface area contributed by atoms with E-state index in [1.54, 1.807) is 6.42 Å². The Hall–Kier alpha value is 0. The van der Waals surface area contributed by atoms with Crippen molar-refractivity contribution in [2.45, 2.75) is 47.0 Å². The summed E-state index contributed by atoms with van der Waals surface area (Å²) in [5.74, 6) is 4.17. The van der Waals surface area contributed by atoms with Crippen LogP contribution in [0, 0.1) is 34.5 Å². The molecule has 0 spiro atoms. The number of hydrogen-bond acceptors (Lipinski definition) is 0. The zero-order valence-electron chi connectivity index (χ0n) is 9.43. The maximum absolute atomic E-state index is 2.58. The first-order valence-electron chi connectivity index (χ1n) is 5.99. The van der Waals surface area contributed by atoms with Crippen LogP contribution in [0.25, 0.3) is 0 Å². The SMILES string of the molecule is CC1CC2CC3(C)C(C)C2CC13C. The quantitative estimate of drug-likeness (QED) is 0.530. The highest BCUT2D eigenvalue weighted by molar-refractivity contribution is 5.17. The predicted octanol–water partition coefficient (Wildman–Crippen LogP) is 3.71. The molecule has 4 saturated carbocycles. The van der Waals surface area contributed by atoms with Crippen molar-refractivity contribution in [2.75, 3.05) is 0 Å². The molecule has 0 aromatic carbocycles. The molecule has 0 aliphatic heterocycles. The van der Waals surface area contributed by atoms with Gasteiger partial charge >= 0.3 is 0 Å². The molecule has 0 heteroatoms. The molecule has 0 aromatic rings. The fourth-order valence-electron chi connectivity index (χ4n) is 5.32. The van der Waals surface area contributed by atoms with E-state index in [1.165, 1.54) is 12.8 Å². The third-order valence-electron chi connectivity index (χ3n) is 6.65. The van der Waals surface area contributed by atoms with E-state index < -0.39 is 0 Å². The molecule has 74 valence electrons. The Morgan fingerprint density at radius 2 is 1.69 bits per heavy atom. The van der Waals surface area contributed by atoms with Gasteiger partial charge in [0.25, 0.3) is 0 Å². The van der Waals surface area contributed by atoms with Crippen LogP contribution in [0.15, 0.2) is 0 Å². The van der Waals surface area contributed by atoms with Crippen LogP contribution >= 0.6 is 0 Å². The molecule has 0 N–H and O–H groups in total. The Morgan fingerprint density at radius 1 is 1.00 bits per heavy atom. The molecule has 4 rings (SSSR count). The Labute approximate surface area is 82.1 Å². The first-order chi connectivity index (χ1) is 5.99. The minimum atomic E-state index is 0.686. The van der Waals surface area contributed by atoms with Gasteiger partial charge in [0.1, 0.15) is 0 Å². The Kier molecular flexibility index (Phi) is 1.27. The molecule has 6 atom stereocenters. The highest BCUT2D eigenvalue weighted by Gasteiger charge is 2.68. The third-order valence-corrected chi connectivity index (χ3v) is 6.65. The standard InChI is InChI=1S/C13H22/c1-8-5-10-6-13(4)9(2)11(10)7-12(8,13)3/h8-11H,5-7H2,1-4H3. The summed E-state index contributed by atoms with van der Waals surface area (Å²) in [5, 5.41) is 0. The van der Waals surface area contributed by atoms with Crippen LogP contribution in [0.5, 0.6) is 0 Å². The molecule has 6 unspecified atom stereocenters. The molecule has 0 nitrogen and oxygen atoms in total. The summed E-state index contributed by atoms with van der Waals surface area (Å²) in [6.45, 7) is 10.2. The normalized spacial score (nSPS) is 69.2. The lowest BCUT2D eigenvalue weighted by atomic mass is 9.50. The molecule has 0 heterocycles. The molecule has 4 bridgehead atoms. The van der Waals surface area contributed by atoms with Crippen molar-refractivity contribution in [1.82, 2.24) is 0 Å². The minimum absolute atomic E-state index is 0.686. The molecule has 4 aliphatic carbocycles. The van der Waals surface area contributed by atoms with Crippen molar-refractivity contribution in [3.8, 4) is 0 Å². The fraction of sp³-hybridized carbons (Fsp3) is 1.00. The summed E-state index contributed by atoms with van der Waals surface area (Å²) in [6, 6.07) is 0. The van der Waals surface area contributed by atoms with Crippen LogP contribution in [0.4, 0.5) is 0 Å². The molecule has 0 radical (unpaired) electrons. The first-order valence-corrected chi connectivity index (χ1v) is 5.99. The van der Waals surface area contributed by atoms with Gasteiger partial charge in [-0.2, -0.15) is 0 Å². The van der Waals surface area contributed by atoms with Crippen molar-refractivity contribution in [3.05, 3.63) is 0 Å². The predicted molar refractivity (Wildman–Crippen MR) is 55.4 cm³/mol. The third kappa shape index (κ3) is 0.649. The van der Waals surface area contributed by atoms with Gasteiger partial charge in [0.15, 0.2) is 0 Å². The van der Waals surface area contributed by atoms with Crippen LogP contribution in [0.1, 0.15) is 47.0 Å². The van der Waals surface area contributed by atoms with Gasteiger partial charge in [0, 0.05) is 0 Å². The van der Waals surface area contributed by atoms with Crippen LogP contribution in [-0.4, -0.2) is 0 Å². The molecule has 4 aliphatic rings. The van der Waals surface area contributed by atoms with Gasteiger partial charge in [0.2, 0.25) is 0 Å². The zero-order valence-corrected chi connectivity index (χ0v) is 9.43. The van der Waals surface area contributed by atoms with Gasteiger partial charge in [0.05, 0.1) is 0 Å². The Bertz CT molecular complexity index is 255. The van der Waals surface area contributed by atoms with Crippen molar-refractivity contribution >= 4 is 0 Å². The van der Waals surface area contributed by atoms with E-state index in [1.807, 2.05) is 0 Å². The van der Waals surface area contributed by atoms with Crippen molar-refractivity contribution in [2.24, 2.45) is 34.5 Å². The van der Waals surface area contributed by atoms with Gasteiger partial charge in [-0.1, -0.05) is 27.7 Å². The number of rotatable bonds is 0. The highest BCUT2D eigenvalue weighted by atomic mass is 14.7. The molecule has 0 saturated heterocycles. The number of hydrogen-bond donors (Lipinski definition) is 0. The van der Waals surface area contributed by atoms with Crippen molar-refractivity contribution < 1.29 is 0 Å². The van der Waals surface area contributed by atoms with Crippen LogP contribution in [0.2, 0.25) is 0 Å². The average molecular weight is 178 g/mol. The Morgan fingerprint density at radius 3 is 2.15 bits per heavy atom. The molecule has 13 heavy (non-hydrogen) atoms. The van der Waals surface area contributed by atoms with Gasteiger partial charge in [-0.25, -0.2) is 0 Å². The maximum Gasteiger partial charge on any atom is -0.0238 e. The second kappa shape index (κ2) is 1.99. The van der Waals surface area contributed by atoms with Crippen LogP contribution in [-0.2, 0) is 0 Å². The zero-order chi connectivity index (χ0) is 9.43. The lowest BCUT2D eigenvalue weighted by molar-refractivity contribution is -0.0529. The van der Waals surface area contributed by atoms with E-state index in [9.17, 15) is 0 Å². The van der Waals surface area contributed by atoms with E-state index in [2.05, 4.69) is 27.7 Å². The largest absolute Gasteiger partial charge is 0.0620 e. The first kappa shape index (κ1) is 8.32. The number of fused-ring (bicyclic) bond motifs is 1. The Balaban J connectivity index is 2.13. The second-order valence-corrected chi connectivity index (χ2v) is 6.59. The average Bonchev–Trinajstić information content (AvgIpc) is 2.37. The van der Waals surface area contributed by atoms with Gasteiger partial charge in [-0.05, 0) is 53.8 Å². The monoisotopic (exact) mass is 178 g/mol. The molecule has 0 aromatic heterocycles. The van der Waals surface area contributed by atoms with Crippen LogP contribution in [0.3, 0.4) is 0 Å². The lowest BCUT2D eigenvalue weighted by Crippen LogP contribution is -2.46. The summed E-state index contributed by atoms with van der Waals surface area (Å²) in [7, 11) is 0. The van der Waals surface area contributed by atoms with E-state index in [0.717, 1.165) is 23.7 Å². The molecule has 0 amide bonds. The van der Waals surface area contributed by atoms with E-state index in [0.29, 0.717) is 10.8 Å². The second-order valence-electron chi connectivity index (χ2n) is 6.59. The summed E-state index contributed by atoms with van der Waals surface area (Å²) >= 11 is 0. The van der Waals surface area contributed by atoms with Crippen LogP contribution < -0.4 is 0 Å². The highest BCUT2D eigenvalue weighted by Crippen LogP contribution is 2.76. The van der Waals surface area contributed by atoms with Crippen molar-refractivity contribution in [3.63, 3.8) is 0 Å². The van der Waals surface area contributed by atoms with E-state index in [-0.39, 0.29) is 0 Å². The topological polar surface area (TPSA) is 0 Å². The van der Waals surface area contributed by atoms with Gasteiger partial charge in [-0.3, -0.25) is 0 Å².